The van der Waals surface area contributed by atoms with Gasteiger partial charge in [0.05, 0.1) is 6.61 Å². The quantitative estimate of drug-likeness (QED) is 0.665. The minimum Gasteiger partial charge on any atom is -0.360 e. The molecule has 0 radical (unpaired) electrons. The normalized spacial score (nSPS) is 33.8. The maximum Gasteiger partial charge on any atom is 0.120 e. The summed E-state index contributed by atoms with van der Waals surface area (Å²) in [7, 11) is 0. The highest BCUT2D eigenvalue weighted by Crippen LogP contribution is 2.50. The first kappa shape index (κ1) is 11.4. The largest absolute Gasteiger partial charge is 0.360 e. The highest BCUT2D eigenvalue weighted by atomic mass is 16.5. The molecule has 0 aromatic carbocycles. The molecule has 1 atom stereocenters. The summed E-state index contributed by atoms with van der Waals surface area (Å²) in [6.07, 6.45) is 2.33. The molecule has 2 heteroatoms. The van der Waals surface area contributed by atoms with Gasteiger partial charge in [-0.3, -0.25) is 5.32 Å². The molecule has 1 heterocycles. The number of hydrogen-bond acceptors (Lipinski definition) is 2. The van der Waals surface area contributed by atoms with E-state index in [4.69, 9.17) is 4.74 Å². The molecule has 0 aromatic rings. The first-order valence-electron chi connectivity index (χ1n) is 6.12. The van der Waals surface area contributed by atoms with Crippen molar-refractivity contribution in [2.75, 3.05) is 13.2 Å². The fourth-order valence-corrected chi connectivity index (χ4v) is 2.96. The minimum atomic E-state index is 0.0330. The van der Waals surface area contributed by atoms with Gasteiger partial charge < -0.3 is 4.74 Å². The van der Waals surface area contributed by atoms with Crippen LogP contribution in [-0.4, -0.2) is 18.9 Å². The maximum atomic E-state index is 6.07. The average molecular weight is 211 g/mol. The molecule has 1 saturated carbocycles. The van der Waals surface area contributed by atoms with Crippen molar-refractivity contribution in [2.24, 2.45) is 16.7 Å². The Balaban J connectivity index is 1.89. The predicted octanol–water partition coefficient (Wildman–Crippen LogP) is 2.78. The van der Waals surface area contributed by atoms with Gasteiger partial charge in [0.2, 0.25) is 0 Å². The second-order valence-corrected chi connectivity index (χ2v) is 7.27. The van der Waals surface area contributed by atoms with Crippen molar-refractivity contribution in [1.82, 2.24) is 5.32 Å². The van der Waals surface area contributed by atoms with Crippen LogP contribution in [0, 0.1) is 16.7 Å². The zero-order valence-corrected chi connectivity index (χ0v) is 10.8. The SMILES string of the molecule is CC1(C)CC2(C1)NCC(C(C)(C)C)CO2. The summed E-state index contributed by atoms with van der Waals surface area (Å²) in [5, 5.41) is 3.62. The van der Waals surface area contributed by atoms with E-state index in [1.165, 1.54) is 0 Å². The van der Waals surface area contributed by atoms with E-state index in [0.29, 0.717) is 16.7 Å². The Bertz CT molecular complexity index is 234. The number of hydrogen-bond donors (Lipinski definition) is 1. The highest BCUT2D eigenvalue weighted by molar-refractivity contribution is 5.01. The van der Waals surface area contributed by atoms with Gasteiger partial charge in [0.25, 0.3) is 0 Å². The van der Waals surface area contributed by atoms with E-state index >= 15 is 0 Å². The van der Waals surface area contributed by atoms with Crippen LogP contribution < -0.4 is 5.32 Å². The Morgan fingerprint density at radius 3 is 2.13 bits per heavy atom. The van der Waals surface area contributed by atoms with Crippen molar-refractivity contribution >= 4 is 0 Å². The lowest BCUT2D eigenvalue weighted by atomic mass is 9.64. The molecular weight excluding hydrogens is 186 g/mol. The molecule has 2 fully saturated rings. The molecular formula is C13H25NO. The summed E-state index contributed by atoms with van der Waals surface area (Å²) in [6.45, 7) is 13.6. The van der Waals surface area contributed by atoms with Gasteiger partial charge in [-0.25, -0.2) is 0 Å². The molecule has 1 saturated heterocycles. The summed E-state index contributed by atoms with van der Waals surface area (Å²) >= 11 is 0. The molecule has 15 heavy (non-hydrogen) atoms. The Kier molecular flexibility index (Phi) is 2.44. The van der Waals surface area contributed by atoms with Gasteiger partial charge in [-0.2, -0.15) is 0 Å². The molecule has 0 amide bonds. The van der Waals surface area contributed by atoms with Crippen molar-refractivity contribution in [3.05, 3.63) is 0 Å². The third kappa shape index (κ3) is 2.21. The van der Waals surface area contributed by atoms with E-state index in [1.54, 1.807) is 0 Å². The van der Waals surface area contributed by atoms with Gasteiger partial charge in [0.15, 0.2) is 0 Å². The summed E-state index contributed by atoms with van der Waals surface area (Å²) < 4.78 is 6.07. The summed E-state index contributed by atoms with van der Waals surface area (Å²) in [6, 6.07) is 0. The number of nitrogens with one attached hydrogen (secondary N) is 1. The monoisotopic (exact) mass is 211 g/mol. The van der Waals surface area contributed by atoms with E-state index in [0.717, 1.165) is 26.0 Å². The molecule has 1 N–H and O–H groups in total. The fourth-order valence-electron chi connectivity index (χ4n) is 2.96. The van der Waals surface area contributed by atoms with Gasteiger partial charge in [-0.15, -0.1) is 0 Å². The van der Waals surface area contributed by atoms with Crippen LogP contribution in [0.3, 0.4) is 0 Å². The molecule has 1 unspecified atom stereocenters. The molecule has 0 aromatic heterocycles. The zero-order chi connectivity index (χ0) is 11.3. The van der Waals surface area contributed by atoms with E-state index in [9.17, 15) is 0 Å². The molecule has 2 aliphatic rings. The maximum absolute atomic E-state index is 6.07. The highest BCUT2D eigenvalue weighted by Gasteiger charge is 2.52. The van der Waals surface area contributed by atoms with Gasteiger partial charge in [0, 0.05) is 6.54 Å². The lowest BCUT2D eigenvalue weighted by molar-refractivity contribution is -0.214. The fraction of sp³-hybridized carbons (Fsp3) is 1.00. The van der Waals surface area contributed by atoms with E-state index in [2.05, 4.69) is 39.9 Å². The third-order valence-electron chi connectivity index (χ3n) is 3.98. The van der Waals surface area contributed by atoms with Gasteiger partial charge in [-0.1, -0.05) is 34.6 Å². The van der Waals surface area contributed by atoms with E-state index in [1.807, 2.05) is 0 Å². The molecule has 88 valence electrons. The van der Waals surface area contributed by atoms with Crippen LogP contribution in [-0.2, 0) is 4.74 Å². The van der Waals surface area contributed by atoms with Crippen LogP contribution >= 0.6 is 0 Å². The smallest absolute Gasteiger partial charge is 0.120 e. The Morgan fingerprint density at radius 2 is 1.80 bits per heavy atom. The number of ether oxygens (including phenoxy) is 1. The van der Waals surface area contributed by atoms with Crippen molar-refractivity contribution in [3.8, 4) is 0 Å². The molecule has 2 nitrogen and oxygen atoms in total. The van der Waals surface area contributed by atoms with Crippen LogP contribution in [0.4, 0.5) is 0 Å². The molecule has 2 rings (SSSR count). The minimum absolute atomic E-state index is 0.0330. The molecule has 0 bridgehead atoms. The van der Waals surface area contributed by atoms with Crippen molar-refractivity contribution in [3.63, 3.8) is 0 Å². The Morgan fingerprint density at radius 1 is 1.20 bits per heavy atom. The first-order chi connectivity index (χ1) is 6.73. The lowest BCUT2D eigenvalue weighted by Gasteiger charge is -2.56. The van der Waals surface area contributed by atoms with Crippen LogP contribution in [0.1, 0.15) is 47.5 Å². The molecule has 1 aliphatic carbocycles. The van der Waals surface area contributed by atoms with Gasteiger partial charge in [-0.05, 0) is 29.6 Å². The average Bonchev–Trinajstić information content (AvgIpc) is 1.99. The predicted molar refractivity (Wildman–Crippen MR) is 62.6 cm³/mol. The van der Waals surface area contributed by atoms with Crippen molar-refractivity contribution in [2.45, 2.75) is 53.2 Å². The second-order valence-electron chi connectivity index (χ2n) is 7.27. The number of rotatable bonds is 0. The van der Waals surface area contributed by atoms with Gasteiger partial charge in [0.1, 0.15) is 5.72 Å². The lowest BCUT2D eigenvalue weighted by Crippen LogP contribution is -2.65. The first-order valence-corrected chi connectivity index (χ1v) is 6.12. The zero-order valence-electron chi connectivity index (χ0n) is 10.8. The van der Waals surface area contributed by atoms with Crippen molar-refractivity contribution < 1.29 is 4.74 Å². The summed E-state index contributed by atoms with van der Waals surface area (Å²) in [5.74, 6) is 0.645. The van der Waals surface area contributed by atoms with E-state index < -0.39 is 0 Å². The summed E-state index contributed by atoms with van der Waals surface area (Å²) in [5.41, 5.74) is 0.862. The standard InChI is InChI=1S/C13H25NO/c1-11(2,3)10-6-14-13(15-7-10)8-12(4,5)9-13/h10,14H,6-9H2,1-5H3. The van der Waals surface area contributed by atoms with Crippen LogP contribution in [0.2, 0.25) is 0 Å². The molecule has 1 spiro atoms. The van der Waals surface area contributed by atoms with Crippen LogP contribution in [0.25, 0.3) is 0 Å². The van der Waals surface area contributed by atoms with Crippen LogP contribution in [0.5, 0.6) is 0 Å². The van der Waals surface area contributed by atoms with Gasteiger partial charge >= 0.3 is 0 Å². The third-order valence-corrected chi connectivity index (χ3v) is 3.98. The van der Waals surface area contributed by atoms with Crippen LogP contribution in [0.15, 0.2) is 0 Å². The molecule has 1 aliphatic heterocycles. The summed E-state index contributed by atoms with van der Waals surface area (Å²) in [4.78, 5) is 0. The topological polar surface area (TPSA) is 21.3 Å². The van der Waals surface area contributed by atoms with Crippen molar-refractivity contribution in [1.29, 1.82) is 0 Å². The Hall–Kier alpha value is -0.0800. The second kappa shape index (κ2) is 3.21. The Labute approximate surface area is 93.8 Å². The van der Waals surface area contributed by atoms with E-state index in [-0.39, 0.29) is 5.72 Å².